The Labute approximate surface area is 510 Å². The molecule has 13 atom stereocenters. The van der Waals surface area contributed by atoms with E-state index in [0.717, 1.165) is 26.0 Å². The number of aliphatic hydroxyl groups excluding tert-OH is 5. The highest BCUT2D eigenvalue weighted by atomic mass is 31.2. The van der Waals surface area contributed by atoms with Gasteiger partial charge in [-0.1, -0.05) is 53.7 Å². The fraction of sp³-hybridized carbons (Fsp3) is 0.596. The normalized spacial score (nSPS) is 15.9. The second-order valence-corrected chi connectivity index (χ2v) is 22.8. The van der Waals surface area contributed by atoms with E-state index >= 15 is 0 Å². The van der Waals surface area contributed by atoms with Crippen LogP contribution in [0, 0.1) is 17.8 Å². The molecule has 0 radical (unpaired) electrons. The van der Waals surface area contributed by atoms with Crippen LogP contribution >= 0.6 is 8.17 Å². The lowest BCUT2D eigenvalue weighted by Gasteiger charge is -2.30. The molecule has 0 unspecified atom stereocenters. The summed E-state index contributed by atoms with van der Waals surface area (Å²) < 4.78 is 4.67. The average Bonchev–Trinajstić information content (AvgIpc) is 4.09. The molecule has 0 saturated carbocycles. The summed E-state index contributed by atoms with van der Waals surface area (Å²) in [5, 5.41) is 92.4. The third kappa shape index (κ3) is 25.9. The number of carboxylic acid groups (broad SMARTS) is 2. The second-order valence-electron chi connectivity index (χ2n) is 21.6. The average molecular weight is 1290 g/mol. The number of H-pyrrole nitrogens is 1. The molecule has 37 heteroatoms. The molecule has 0 saturated heterocycles. The Morgan fingerprint density at radius 1 is 0.494 bits per heavy atom. The van der Waals surface area contributed by atoms with E-state index < -0.39 is 215 Å². The number of carboxylic acids is 2. The predicted octanol–water partition coefficient (Wildman–Crippen LogP) is -7.94. The van der Waals surface area contributed by atoms with Gasteiger partial charge < -0.3 is 99.6 Å². The minimum absolute atomic E-state index is 0.135. The van der Waals surface area contributed by atoms with E-state index in [1.165, 1.54) is 66.2 Å². The van der Waals surface area contributed by atoms with Crippen LogP contribution < -0.4 is 63.4 Å². The van der Waals surface area contributed by atoms with Gasteiger partial charge in [0.2, 0.25) is 59.1 Å². The fourth-order valence-corrected chi connectivity index (χ4v) is 8.50. The molecule has 2 aromatic rings. The number of carbonyl (C=O) groups excluding carboxylic acids is 10. The van der Waals surface area contributed by atoms with Crippen LogP contribution in [0.4, 0.5) is 0 Å². The van der Waals surface area contributed by atoms with Crippen LogP contribution in [-0.2, 0) is 70.4 Å². The maximum Gasteiger partial charge on any atom is 0.613 e. The number of benzene rings is 1. The Bertz CT molecular complexity index is 2730. The van der Waals surface area contributed by atoms with Crippen LogP contribution in [0.5, 0.6) is 5.75 Å². The van der Waals surface area contributed by atoms with Crippen LogP contribution in [0.3, 0.4) is 0 Å². The van der Waals surface area contributed by atoms with Crippen molar-refractivity contribution in [3.05, 3.63) is 48.0 Å². The van der Waals surface area contributed by atoms with Crippen LogP contribution in [0.15, 0.2) is 36.8 Å². The van der Waals surface area contributed by atoms with Crippen molar-refractivity contribution in [3.8, 4) is 5.75 Å². The van der Waals surface area contributed by atoms with Crippen molar-refractivity contribution in [3.63, 3.8) is 0 Å². The molecular weight excluding hydrogens is 1210 g/mol. The largest absolute Gasteiger partial charge is 0.613 e. The van der Waals surface area contributed by atoms with Crippen LogP contribution in [0.1, 0.15) is 79.5 Å². The Balaban J connectivity index is 2.48. The quantitative estimate of drug-likeness (QED) is 0.0278. The lowest BCUT2D eigenvalue weighted by atomic mass is 9.98. The summed E-state index contributed by atoms with van der Waals surface area (Å²) in [5.41, 5.74) is 5.99. The van der Waals surface area contributed by atoms with E-state index in [9.17, 15) is 108 Å². The van der Waals surface area contributed by atoms with Crippen molar-refractivity contribution in [2.24, 2.45) is 23.5 Å². The number of aromatic amines is 1. The topological polar surface area (TPSA) is 591 Å². The van der Waals surface area contributed by atoms with Gasteiger partial charge in [-0.15, -0.1) is 0 Å². The fourth-order valence-electron chi connectivity index (χ4n) is 8.10. The van der Waals surface area contributed by atoms with Gasteiger partial charge in [-0.25, -0.2) is 9.78 Å². The van der Waals surface area contributed by atoms with E-state index in [-0.39, 0.29) is 17.7 Å². The molecule has 1 aromatic carbocycles. The van der Waals surface area contributed by atoms with Gasteiger partial charge in [-0.3, -0.25) is 57.3 Å². The molecule has 0 spiro atoms. The van der Waals surface area contributed by atoms with Crippen molar-refractivity contribution in [2.45, 2.75) is 160 Å². The summed E-state index contributed by atoms with van der Waals surface area (Å²) in [7, 11) is -4.82. The third-order valence-electron chi connectivity index (χ3n) is 13.1. The zero-order valence-corrected chi connectivity index (χ0v) is 50.8. The van der Waals surface area contributed by atoms with Crippen molar-refractivity contribution in [1.82, 2.24) is 63.1 Å². The number of aromatic nitrogens is 2. The number of amides is 10. The Hall–Kier alpha value is -8.06. The predicted molar refractivity (Wildman–Crippen MR) is 308 cm³/mol. The van der Waals surface area contributed by atoms with Gasteiger partial charge >= 0.3 is 20.1 Å². The molecule has 0 bridgehead atoms. The molecule has 10 amide bonds. The molecule has 0 fully saturated rings. The molecule has 1 heterocycles. The molecule has 2 rings (SSSR count). The number of imidazole rings is 1. The van der Waals surface area contributed by atoms with Gasteiger partial charge in [-0.2, -0.15) is 14.7 Å². The highest BCUT2D eigenvalue weighted by Gasteiger charge is 2.40. The number of aliphatic hydroxyl groups is 5. The maximum absolute atomic E-state index is 14.3. The molecule has 1 aromatic heterocycles. The number of aliphatic carboxylic acids is 2. The molecule has 0 aliphatic heterocycles. The molecule has 0 aliphatic rings. The zero-order valence-electron chi connectivity index (χ0n) is 49.9. The summed E-state index contributed by atoms with van der Waals surface area (Å²) in [5.74, 6) is -16.9. The molecular formula is C52H83N13O23P+. The molecule has 89 heavy (non-hydrogen) atoms. The summed E-state index contributed by atoms with van der Waals surface area (Å²) in [6.07, 6.45) is -3.03. The lowest BCUT2D eigenvalue weighted by Crippen LogP contribution is -2.63. The number of nitrogens with one attached hydrogen (secondary N) is 11. The number of nitrogens with two attached hydrogens (primary N) is 1. The van der Waals surface area contributed by atoms with E-state index in [2.05, 4.69) is 67.7 Å². The highest BCUT2D eigenvalue weighted by Crippen LogP contribution is 2.46. The smallest absolute Gasteiger partial charge is 0.481 e. The summed E-state index contributed by atoms with van der Waals surface area (Å²) in [4.78, 5) is 195. The maximum atomic E-state index is 14.3. The van der Waals surface area contributed by atoms with E-state index in [0.29, 0.717) is 5.69 Å². The molecule has 0 aliphatic carbocycles. The van der Waals surface area contributed by atoms with Crippen molar-refractivity contribution >= 4 is 79.2 Å². The lowest BCUT2D eigenvalue weighted by molar-refractivity contribution is -0.143. The van der Waals surface area contributed by atoms with Crippen LogP contribution in [0.2, 0.25) is 0 Å². The standard InChI is InChI=1S/C52H82N13O23P/c1-22(2)37(62-50(81)40(25(7)69)64-42(73)30(53)18-66)47(78)56-31(13-14-36(71)72)43(74)57-32(15-27-9-11-29(12-10-27)88-89(85,86)87)44(75)59-34(19-67)46(77)65-41(26(8)70)51(82)63-39(24(5)6)49(80)61-38(23(3)4)48(79)58-33(16-28-17-54-21-55-28)45(76)60-35(20-68)52(83)84/h9-12,17,21-26,30-35,37-41,66-70,85-87H,13-16,18-20,53H2,1-8H3,(H12-,54,55,56,57,58,59,60,61,62,63,64,65,71,72,73,74,75,76,77,78,79,80,81,82,83,84)/p+1/t25-,26-,30+,31+,32+,33+,34+,35+,37+,38+,39+,40+,41+/m1/s1. The van der Waals surface area contributed by atoms with Crippen molar-refractivity contribution in [2.75, 3.05) is 19.8 Å². The van der Waals surface area contributed by atoms with Crippen molar-refractivity contribution in [1.29, 1.82) is 0 Å². The monoisotopic (exact) mass is 1290 g/mol. The minimum atomic E-state index is -4.82. The first-order chi connectivity index (χ1) is 41.4. The summed E-state index contributed by atoms with van der Waals surface area (Å²) in [6, 6.07) is -14.0. The summed E-state index contributed by atoms with van der Waals surface area (Å²) >= 11 is 0. The SMILES string of the molecule is CC(C)[C@H](NC(=O)[C@@H](NC(=O)[C@@H](NC(=O)[C@H](CO)NC(=O)[C@H](Cc1ccc(O[P+](O)(O)O)cc1)NC(=O)[C@H](CCC(=O)O)NC(=O)[C@@H](NC(=O)[C@@H](NC(=O)[C@@H](N)CO)[C@@H](C)O)C(C)C)[C@@H](C)O)C(C)C)C(=O)N[C@@H](Cc1cnc[nH]1)C(=O)N[C@@H](CO)C(=O)O. The second kappa shape index (κ2) is 36.4. The first-order valence-corrected chi connectivity index (χ1v) is 29.3. The summed E-state index contributed by atoms with van der Waals surface area (Å²) in [6.45, 7) is 8.04. The number of rotatable bonds is 38. The Morgan fingerprint density at radius 2 is 0.865 bits per heavy atom. The van der Waals surface area contributed by atoms with Gasteiger partial charge in [0.15, 0.2) is 5.75 Å². The number of nitrogens with zero attached hydrogens (tertiary/aromatic N) is 1. The highest BCUT2D eigenvalue weighted by molar-refractivity contribution is 7.53. The van der Waals surface area contributed by atoms with Gasteiger partial charge in [0.05, 0.1) is 38.4 Å². The van der Waals surface area contributed by atoms with Crippen molar-refractivity contribution < 1.29 is 112 Å². The first-order valence-electron chi connectivity index (χ1n) is 27.7. The van der Waals surface area contributed by atoms with Gasteiger partial charge in [0, 0.05) is 31.2 Å². The van der Waals surface area contributed by atoms with Gasteiger partial charge in [0.25, 0.3) is 0 Å². The van der Waals surface area contributed by atoms with Gasteiger partial charge in [0.1, 0.15) is 66.5 Å². The van der Waals surface area contributed by atoms with Crippen LogP contribution in [0.25, 0.3) is 0 Å². The van der Waals surface area contributed by atoms with E-state index in [1.54, 1.807) is 0 Å². The Morgan fingerprint density at radius 3 is 1.26 bits per heavy atom. The number of hydrogen-bond acceptors (Lipinski definition) is 23. The number of carbonyl (C=O) groups is 12. The molecule has 36 nitrogen and oxygen atoms in total. The number of hydrogen-bond donors (Lipinski definition) is 22. The minimum Gasteiger partial charge on any atom is -0.481 e. The van der Waals surface area contributed by atoms with E-state index in [4.69, 9.17) is 5.73 Å². The van der Waals surface area contributed by atoms with E-state index in [1.807, 2.05) is 0 Å². The molecule has 23 N–H and O–H groups in total. The van der Waals surface area contributed by atoms with Gasteiger partial charge in [-0.05, 0) is 55.7 Å². The van der Waals surface area contributed by atoms with Crippen LogP contribution in [-0.4, -0.2) is 230 Å². The molecule has 498 valence electrons. The zero-order chi connectivity index (χ0) is 67.8. The first kappa shape index (κ1) is 77.0. The third-order valence-corrected chi connectivity index (χ3v) is 13.6. The Kier molecular flexibility index (Phi) is 31.5.